The molecule has 3 nitrogen and oxygen atoms in total. The molecule has 0 aliphatic carbocycles. The Bertz CT molecular complexity index is 889. The van der Waals surface area contributed by atoms with Crippen molar-refractivity contribution in [2.75, 3.05) is 5.43 Å². The molecule has 126 valence electrons. The largest absolute Gasteiger partial charge is 0.457 e. The second-order valence-electron chi connectivity index (χ2n) is 5.82. The molecule has 0 saturated heterocycles. The highest BCUT2D eigenvalue weighted by Gasteiger charge is 1.98. The number of halogens is 1. The topological polar surface area (TPSA) is 33.6 Å². The quantitative estimate of drug-likeness (QED) is 0.439. The van der Waals surface area contributed by atoms with Crippen LogP contribution in [0.4, 0.5) is 5.69 Å². The number of nitrogens with zero attached hydrogens (tertiary/aromatic N) is 1. The average molecular weight is 351 g/mol. The maximum Gasteiger partial charge on any atom is 0.127 e. The van der Waals surface area contributed by atoms with Crippen LogP contribution in [-0.4, -0.2) is 6.21 Å². The Labute approximate surface area is 152 Å². The molecule has 25 heavy (non-hydrogen) atoms. The van der Waals surface area contributed by atoms with Crippen molar-refractivity contribution < 1.29 is 4.74 Å². The van der Waals surface area contributed by atoms with Crippen molar-refractivity contribution in [2.24, 2.45) is 5.10 Å². The van der Waals surface area contributed by atoms with E-state index in [2.05, 4.69) is 10.5 Å². The third kappa shape index (κ3) is 4.85. The van der Waals surface area contributed by atoms with Gasteiger partial charge in [-0.3, -0.25) is 5.43 Å². The minimum absolute atomic E-state index is 0.720. The Morgan fingerprint density at radius 1 is 0.920 bits per heavy atom. The maximum atomic E-state index is 6.10. The zero-order chi connectivity index (χ0) is 17.6. The highest BCUT2D eigenvalue weighted by Crippen LogP contribution is 2.22. The van der Waals surface area contributed by atoms with Crippen LogP contribution in [0.25, 0.3) is 0 Å². The van der Waals surface area contributed by atoms with Crippen molar-refractivity contribution in [1.82, 2.24) is 0 Å². The van der Waals surface area contributed by atoms with Gasteiger partial charge in [-0.15, -0.1) is 0 Å². The summed E-state index contributed by atoms with van der Waals surface area (Å²) in [6, 6.07) is 21.5. The Morgan fingerprint density at radius 2 is 1.72 bits per heavy atom. The van der Waals surface area contributed by atoms with Gasteiger partial charge in [0.1, 0.15) is 11.5 Å². The molecule has 0 radical (unpaired) electrons. The molecule has 3 aromatic rings. The molecule has 0 bridgehead atoms. The van der Waals surface area contributed by atoms with E-state index in [1.807, 2.05) is 80.6 Å². The van der Waals surface area contributed by atoms with Crippen molar-refractivity contribution in [3.8, 4) is 11.5 Å². The Kier molecular flexibility index (Phi) is 5.36. The molecule has 3 aromatic carbocycles. The maximum absolute atomic E-state index is 6.10. The van der Waals surface area contributed by atoms with Gasteiger partial charge in [-0.25, -0.2) is 0 Å². The van der Waals surface area contributed by atoms with Gasteiger partial charge < -0.3 is 4.74 Å². The van der Waals surface area contributed by atoms with Crippen LogP contribution >= 0.6 is 11.6 Å². The third-order valence-corrected chi connectivity index (χ3v) is 4.09. The lowest BCUT2D eigenvalue weighted by atomic mass is 10.2. The molecule has 0 fully saturated rings. The van der Waals surface area contributed by atoms with Crippen molar-refractivity contribution in [2.45, 2.75) is 13.8 Å². The summed E-state index contributed by atoms with van der Waals surface area (Å²) in [5.74, 6) is 1.63. The Hall–Kier alpha value is -2.78. The molecule has 0 saturated carbocycles. The molecule has 4 heteroatoms. The van der Waals surface area contributed by atoms with Gasteiger partial charge in [0, 0.05) is 5.02 Å². The number of aryl methyl sites for hydroxylation is 2. The summed E-state index contributed by atoms with van der Waals surface area (Å²) in [7, 11) is 0. The molecular formula is C21H19ClN2O. The lowest BCUT2D eigenvalue weighted by Crippen LogP contribution is -1.91. The molecule has 0 spiro atoms. The SMILES string of the molecule is Cc1cccc(Oc2ccc(C=NNc3ccc(C)c(Cl)c3)cc2)c1. The third-order valence-electron chi connectivity index (χ3n) is 3.68. The second kappa shape index (κ2) is 7.86. The van der Waals surface area contributed by atoms with Crippen molar-refractivity contribution >= 4 is 23.5 Å². The van der Waals surface area contributed by atoms with E-state index in [1.165, 1.54) is 5.56 Å². The zero-order valence-corrected chi connectivity index (χ0v) is 14.9. The first kappa shape index (κ1) is 17.1. The fourth-order valence-corrected chi connectivity index (χ4v) is 2.46. The standard InChI is InChI=1S/C21H19ClN2O/c1-15-4-3-5-20(12-15)25-19-10-7-17(8-11-19)14-23-24-18-9-6-16(2)21(22)13-18/h3-14,24H,1-2H3. The fraction of sp³-hybridized carbons (Fsp3) is 0.0952. The van der Waals surface area contributed by atoms with Gasteiger partial charge in [0.25, 0.3) is 0 Å². The number of hydrogen-bond donors (Lipinski definition) is 1. The molecule has 0 atom stereocenters. The van der Waals surface area contributed by atoms with Crippen LogP contribution in [-0.2, 0) is 0 Å². The van der Waals surface area contributed by atoms with Gasteiger partial charge in [0.15, 0.2) is 0 Å². The van der Waals surface area contributed by atoms with E-state index in [0.29, 0.717) is 0 Å². The van der Waals surface area contributed by atoms with Crippen LogP contribution < -0.4 is 10.2 Å². The number of anilines is 1. The number of benzene rings is 3. The fourth-order valence-electron chi connectivity index (χ4n) is 2.28. The normalized spacial score (nSPS) is 10.8. The molecule has 0 heterocycles. The molecule has 3 rings (SSSR count). The van der Waals surface area contributed by atoms with E-state index >= 15 is 0 Å². The number of nitrogens with one attached hydrogen (secondary N) is 1. The summed E-state index contributed by atoms with van der Waals surface area (Å²) < 4.78 is 5.84. The van der Waals surface area contributed by atoms with E-state index in [-0.39, 0.29) is 0 Å². The first-order chi connectivity index (χ1) is 12.1. The molecule has 0 unspecified atom stereocenters. The van der Waals surface area contributed by atoms with Crippen molar-refractivity contribution in [1.29, 1.82) is 0 Å². The molecule has 1 N–H and O–H groups in total. The van der Waals surface area contributed by atoms with Crippen LogP contribution in [0.2, 0.25) is 5.02 Å². The summed E-state index contributed by atoms with van der Waals surface area (Å²) in [6.07, 6.45) is 1.75. The van der Waals surface area contributed by atoms with Gasteiger partial charge >= 0.3 is 0 Å². The van der Waals surface area contributed by atoms with Crippen LogP contribution in [0.1, 0.15) is 16.7 Å². The summed E-state index contributed by atoms with van der Waals surface area (Å²) >= 11 is 6.10. The summed E-state index contributed by atoms with van der Waals surface area (Å²) in [5.41, 5.74) is 7.01. The van der Waals surface area contributed by atoms with E-state index < -0.39 is 0 Å². The molecule has 0 aromatic heterocycles. The van der Waals surface area contributed by atoms with Crippen LogP contribution in [0.15, 0.2) is 71.8 Å². The summed E-state index contributed by atoms with van der Waals surface area (Å²) in [5, 5.41) is 4.95. The van der Waals surface area contributed by atoms with Crippen LogP contribution in [0.3, 0.4) is 0 Å². The van der Waals surface area contributed by atoms with E-state index in [9.17, 15) is 0 Å². The lowest BCUT2D eigenvalue weighted by molar-refractivity contribution is 0.482. The second-order valence-corrected chi connectivity index (χ2v) is 6.23. The van der Waals surface area contributed by atoms with Crippen molar-refractivity contribution in [3.05, 3.63) is 88.4 Å². The predicted octanol–water partition coefficient (Wildman–Crippen LogP) is 6.20. The number of rotatable bonds is 5. The van der Waals surface area contributed by atoms with Gasteiger partial charge in [0.05, 0.1) is 11.9 Å². The monoisotopic (exact) mass is 350 g/mol. The van der Waals surface area contributed by atoms with Gasteiger partial charge in [-0.2, -0.15) is 5.10 Å². The van der Waals surface area contributed by atoms with Gasteiger partial charge in [0.2, 0.25) is 0 Å². The van der Waals surface area contributed by atoms with Crippen LogP contribution in [0.5, 0.6) is 11.5 Å². The van der Waals surface area contributed by atoms with Gasteiger partial charge in [-0.1, -0.05) is 29.8 Å². The number of hydrazone groups is 1. The van der Waals surface area contributed by atoms with E-state index in [4.69, 9.17) is 16.3 Å². The first-order valence-electron chi connectivity index (χ1n) is 8.00. The van der Waals surface area contributed by atoms with E-state index in [1.54, 1.807) is 6.21 Å². The minimum Gasteiger partial charge on any atom is -0.457 e. The molecule has 0 aliphatic rings. The average Bonchev–Trinajstić information content (AvgIpc) is 2.60. The minimum atomic E-state index is 0.720. The highest BCUT2D eigenvalue weighted by atomic mass is 35.5. The lowest BCUT2D eigenvalue weighted by Gasteiger charge is -2.06. The first-order valence-corrected chi connectivity index (χ1v) is 8.38. The Morgan fingerprint density at radius 3 is 2.44 bits per heavy atom. The molecule has 0 aliphatic heterocycles. The predicted molar refractivity (Wildman–Crippen MR) is 105 cm³/mol. The number of hydrogen-bond acceptors (Lipinski definition) is 3. The molecular weight excluding hydrogens is 332 g/mol. The summed E-state index contributed by atoms with van der Waals surface area (Å²) in [4.78, 5) is 0. The smallest absolute Gasteiger partial charge is 0.127 e. The summed E-state index contributed by atoms with van der Waals surface area (Å²) in [6.45, 7) is 4.01. The Balaban J connectivity index is 1.61. The van der Waals surface area contributed by atoms with E-state index in [0.717, 1.165) is 33.3 Å². The highest BCUT2D eigenvalue weighted by molar-refractivity contribution is 6.31. The van der Waals surface area contributed by atoms with Crippen LogP contribution in [0, 0.1) is 13.8 Å². The van der Waals surface area contributed by atoms with Gasteiger partial charge in [-0.05, 0) is 79.1 Å². The van der Waals surface area contributed by atoms with Crippen molar-refractivity contribution in [3.63, 3.8) is 0 Å². The molecule has 0 amide bonds. The zero-order valence-electron chi connectivity index (χ0n) is 14.2. The number of ether oxygens (including phenoxy) is 1.